The first kappa shape index (κ1) is 17.3. The van der Waals surface area contributed by atoms with Gasteiger partial charge in [0.2, 0.25) is 0 Å². The van der Waals surface area contributed by atoms with Crippen LogP contribution in [0.5, 0.6) is 0 Å². The van der Waals surface area contributed by atoms with Gasteiger partial charge in [0.05, 0.1) is 0 Å². The molecule has 0 aliphatic carbocycles. The average Bonchev–Trinajstić information content (AvgIpc) is 2.38. The molecule has 1 atom stereocenters. The molecule has 1 unspecified atom stereocenters. The molecule has 0 N–H and O–H groups in total. The number of nitrogens with zero attached hydrogens (tertiary/aromatic N) is 2. The Morgan fingerprint density at radius 3 is 2.20 bits per heavy atom. The van der Waals surface area contributed by atoms with E-state index in [2.05, 4.69) is 18.7 Å². The topological polar surface area (TPSA) is 32.8 Å². The van der Waals surface area contributed by atoms with Gasteiger partial charge in [-0.25, -0.2) is 4.79 Å². The van der Waals surface area contributed by atoms with E-state index < -0.39 is 5.60 Å². The summed E-state index contributed by atoms with van der Waals surface area (Å²) < 4.78 is 5.43. The maximum atomic E-state index is 12.0. The van der Waals surface area contributed by atoms with Crippen molar-refractivity contribution in [2.75, 3.05) is 26.2 Å². The summed E-state index contributed by atoms with van der Waals surface area (Å²) in [6.45, 7) is 13.8. The molecule has 1 fully saturated rings. The van der Waals surface area contributed by atoms with E-state index in [0.717, 1.165) is 26.2 Å². The van der Waals surface area contributed by atoms with Crippen LogP contribution in [0.1, 0.15) is 60.3 Å². The third kappa shape index (κ3) is 5.70. The maximum absolute atomic E-state index is 12.0. The van der Waals surface area contributed by atoms with Gasteiger partial charge in [0.25, 0.3) is 0 Å². The number of rotatable bonds is 5. The summed E-state index contributed by atoms with van der Waals surface area (Å²) in [5.74, 6) is 0. The summed E-state index contributed by atoms with van der Waals surface area (Å²) in [5.41, 5.74) is -0.401. The van der Waals surface area contributed by atoms with Crippen molar-refractivity contribution >= 4 is 6.09 Å². The summed E-state index contributed by atoms with van der Waals surface area (Å²) in [5, 5.41) is 0. The Hall–Kier alpha value is -0.770. The van der Waals surface area contributed by atoms with Crippen molar-refractivity contribution in [1.82, 2.24) is 9.80 Å². The van der Waals surface area contributed by atoms with Crippen molar-refractivity contribution < 1.29 is 9.53 Å². The summed E-state index contributed by atoms with van der Waals surface area (Å²) >= 11 is 0. The van der Waals surface area contributed by atoms with Crippen LogP contribution < -0.4 is 0 Å². The molecule has 0 bridgehead atoms. The third-order valence-corrected chi connectivity index (χ3v) is 3.84. The molecule has 0 radical (unpaired) electrons. The average molecular weight is 284 g/mol. The minimum Gasteiger partial charge on any atom is -0.444 e. The maximum Gasteiger partial charge on any atom is 0.410 e. The fourth-order valence-electron chi connectivity index (χ4n) is 2.68. The SMILES string of the molecule is CCCCC(CC)N1CCN(C(=O)OC(C)(C)C)CC1. The second-order valence-corrected chi connectivity index (χ2v) is 6.71. The number of carbonyl (C=O) groups is 1. The van der Waals surface area contributed by atoms with Gasteiger partial charge in [-0.05, 0) is 33.6 Å². The van der Waals surface area contributed by atoms with E-state index in [9.17, 15) is 4.79 Å². The predicted octanol–water partition coefficient (Wildman–Crippen LogP) is 3.51. The van der Waals surface area contributed by atoms with Crippen LogP contribution in [-0.4, -0.2) is 53.7 Å². The highest BCUT2D eigenvalue weighted by molar-refractivity contribution is 5.68. The second-order valence-electron chi connectivity index (χ2n) is 6.71. The van der Waals surface area contributed by atoms with Crippen LogP contribution in [0.3, 0.4) is 0 Å². The van der Waals surface area contributed by atoms with Gasteiger partial charge in [-0.2, -0.15) is 0 Å². The quantitative estimate of drug-likeness (QED) is 0.774. The first-order valence-electron chi connectivity index (χ1n) is 8.09. The van der Waals surface area contributed by atoms with Crippen molar-refractivity contribution in [3.63, 3.8) is 0 Å². The van der Waals surface area contributed by atoms with Gasteiger partial charge >= 0.3 is 6.09 Å². The monoisotopic (exact) mass is 284 g/mol. The van der Waals surface area contributed by atoms with Crippen molar-refractivity contribution in [3.8, 4) is 0 Å². The Kier molecular flexibility index (Phi) is 6.80. The molecule has 4 nitrogen and oxygen atoms in total. The smallest absolute Gasteiger partial charge is 0.410 e. The molecule has 0 spiro atoms. The molecular formula is C16H32N2O2. The predicted molar refractivity (Wildman–Crippen MR) is 83.0 cm³/mol. The Balaban J connectivity index is 2.40. The van der Waals surface area contributed by atoms with Gasteiger partial charge in [-0.15, -0.1) is 0 Å². The zero-order valence-electron chi connectivity index (χ0n) is 13.9. The summed E-state index contributed by atoms with van der Waals surface area (Å²) in [6, 6.07) is 0.677. The van der Waals surface area contributed by atoms with Crippen molar-refractivity contribution in [3.05, 3.63) is 0 Å². The van der Waals surface area contributed by atoms with Gasteiger partial charge in [0.1, 0.15) is 5.60 Å². The Labute approximate surface area is 124 Å². The number of carbonyl (C=O) groups excluding carboxylic acids is 1. The van der Waals surface area contributed by atoms with E-state index in [-0.39, 0.29) is 6.09 Å². The van der Waals surface area contributed by atoms with Crippen LogP contribution in [0, 0.1) is 0 Å². The largest absolute Gasteiger partial charge is 0.444 e. The molecule has 0 saturated carbocycles. The fraction of sp³-hybridized carbons (Fsp3) is 0.938. The van der Waals surface area contributed by atoms with Crippen LogP contribution in [0.2, 0.25) is 0 Å². The van der Waals surface area contributed by atoms with Crippen LogP contribution in [0.25, 0.3) is 0 Å². The molecule has 1 saturated heterocycles. The number of piperazine rings is 1. The second kappa shape index (κ2) is 7.87. The van der Waals surface area contributed by atoms with Gasteiger partial charge in [-0.1, -0.05) is 26.7 Å². The van der Waals surface area contributed by atoms with E-state index in [1.54, 1.807) is 0 Å². The molecule has 1 rings (SSSR count). The van der Waals surface area contributed by atoms with Crippen LogP contribution >= 0.6 is 0 Å². The number of hydrogen-bond donors (Lipinski definition) is 0. The van der Waals surface area contributed by atoms with E-state index in [1.807, 2.05) is 25.7 Å². The lowest BCUT2D eigenvalue weighted by atomic mass is 10.0. The standard InChI is InChI=1S/C16H32N2O2/c1-6-8-9-14(7-2)17-10-12-18(13-11-17)15(19)20-16(3,4)5/h14H,6-13H2,1-5H3. The molecule has 1 heterocycles. The van der Waals surface area contributed by atoms with E-state index in [0.29, 0.717) is 6.04 Å². The minimum absolute atomic E-state index is 0.168. The molecule has 20 heavy (non-hydrogen) atoms. The molecule has 1 aliphatic heterocycles. The lowest BCUT2D eigenvalue weighted by molar-refractivity contribution is 0.00955. The molecular weight excluding hydrogens is 252 g/mol. The molecule has 4 heteroatoms. The minimum atomic E-state index is -0.401. The van der Waals surface area contributed by atoms with Gasteiger partial charge in [0, 0.05) is 32.2 Å². The number of hydrogen-bond acceptors (Lipinski definition) is 3. The van der Waals surface area contributed by atoms with Crippen LogP contribution in [0.15, 0.2) is 0 Å². The van der Waals surface area contributed by atoms with E-state index >= 15 is 0 Å². The van der Waals surface area contributed by atoms with E-state index in [4.69, 9.17) is 4.74 Å². The Bertz CT molecular complexity index is 291. The van der Waals surface area contributed by atoms with Crippen LogP contribution in [0.4, 0.5) is 4.79 Å². The lowest BCUT2D eigenvalue weighted by Gasteiger charge is -2.39. The summed E-state index contributed by atoms with van der Waals surface area (Å²) in [6.07, 6.45) is 4.86. The normalized spacial score (nSPS) is 18.9. The highest BCUT2D eigenvalue weighted by Gasteiger charge is 2.27. The lowest BCUT2D eigenvalue weighted by Crippen LogP contribution is -2.52. The van der Waals surface area contributed by atoms with Gasteiger partial charge in [-0.3, -0.25) is 4.90 Å². The fourth-order valence-corrected chi connectivity index (χ4v) is 2.68. The van der Waals surface area contributed by atoms with Crippen molar-refractivity contribution in [1.29, 1.82) is 0 Å². The Morgan fingerprint density at radius 1 is 1.15 bits per heavy atom. The van der Waals surface area contributed by atoms with Crippen molar-refractivity contribution in [2.24, 2.45) is 0 Å². The molecule has 1 aliphatic rings. The van der Waals surface area contributed by atoms with E-state index in [1.165, 1.54) is 25.7 Å². The molecule has 1 amide bonds. The zero-order chi connectivity index (χ0) is 15.2. The summed E-state index contributed by atoms with van der Waals surface area (Å²) in [7, 11) is 0. The number of unbranched alkanes of at least 4 members (excludes halogenated alkanes) is 1. The highest BCUT2D eigenvalue weighted by Crippen LogP contribution is 2.17. The highest BCUT2D eigenvalue weighted by atomic mass is 16.6. The molecule has 0 aromatic heterocycles. The number of ether oxygens (including phenoxy) is 1. The van der Waals surface area contributed by atoms with Crippen molar-refractivity contribution in [2.45, 2.75) is 71.9 Å². The Morgan fingerprint density at radius 2 is 1.75 bits per heavy atom. The first-order chi connectivity index (χ1) is 9.37. The third-order valence-electron chi connectivity index (χ3n) is 3.84. The van der Waals surface area contributed by atoms with Gasteiger partial charge in [0.15, 0.2) is 0 Å². The van der Waals surface area contributed by atoms with Crippen LogP contribution in [-0.2, 0) is 4.74 Å². The zero-order valence-corrected chi connectivity index (χ0v) is 13.9. The molecule has 0 aromatic rings. The molecule has 0 aromatic carbocycles. The van der Waals surface area contributed by atoms with Gasteiger partial charge < -0.3 is 9.64 Å². The first-order valence-corrected chi connectivity index (χ1v) is 8.09. The molecule has 118 valence electrons. The summed E-state index contributed by atoms with van der Waals surface area (Å²) in [4.78, 5) is 16.4. The number of amides is 1.